The zero-order valence-electron chi connectivity index (χ0n) is 24.6. The molecule has 2 aromatic rings. The minimum Gasteiger partial charge on any atom is -0.510 e. The summed E-state index contributed by atoms with van der Waals surface area (Å²) in [6.07, 6.45) is 0.914. The van der Waals surface area contributed by atoms with Crippen LogP contribution in [0.25, 0.3) is 0 Å². The van der Waals surface area contributed by atoms with Crippen molar-refractivity contribution in [3.8, 4) is 0 Å². The zero-order chi connectivity index (χ0) is 32.0. The van der Waals surface area contributed by atoms with Crippen molar-refractivity contribution in [3.63, 3.8) is 0 Å². The van der Waals surface area contributed by atoms with Crippen LogP contribution in [0.15, 0.2) is 73.2 Å². The van der Waals surface area contributed by atoms with Gasteiger partial charge in [0.15, 0.2) is 23.1 Å². The van der Waals surface area contributed by atoms with E-state index in [1.807, 2.05) is 24.3 Å². The first-order valence-corrected chi connectivity index (χ1v) is 14.9. The molecule has 2 heterocycles. The molecule has 1 unspecified atom stereocenters. The van der Waals surface area contributed by atoms with Crippen molar-refractivity contribution in [1.82, 2.24) is 10.6 Å². The molecule has 2 aliphatic heterocycles. The van der Waals surface area contributed by atoms with Gasteiger partial charge >= 0.3 is 0 Å². The number of carbonyl (C=O) groups is 4. The van der Waals surface area contributed by atoms with Crippen LogP contribution in [0.2, 0.25) is 0 Å². The molecule has 0 aromatic heterocycles. The van der Waals surface area contributed by atoms with Gasteiger partial charge in [0.2, 0.25) is 0 Å². The predicted molar refractivity (Wildman–Crippen MR) is 164 cm³/mol. The van der Waals surface area contributed by atoms with E-state index in [-0.39, 0.29) is 35.0 Å². The second kappa shape index (κ2) is 14.7. The molecular formula is C34H40N2O8. The minimum absolute atomic E-state index is 0.0271. The molecule has 4 atom stereocenters. The molecule has 6 N–H and O–H groups in total. The van der Waals surface area contributed by atoms with Crippen molar-refractivity contribution in [2.24, 2.45) is 23.7 Å². The number of nitrogens with one attached hydrogen (secondary N) is 2. The maximum Gasteiger partial charge on any atom is 0.174 e. The van der Waals surface area contributed by atoms with Gasteiger partial charge in [0.25, 0.3) is 0 Å². The van der Waals surface area contributed by atoms with E-state index in [1.54, 1.807) is 24.3 Å². The van der Waals surface area contributed by atoms with Crippen molar-refractivity contribution in [2.45, 2.75) is 37.9 Å². The molecule has 2 aromatic carbocycles. The van der Waals surface area contributed by atoms with Gasteiger partial charge in [-0.3, -0.25) is 19.2 Å². The number of carbonyl (C=O) groups excluding carboxylic acids is 4. The summed E-state index contributed by atoms with van der Waals surface area (Å²) < 4.78 is 0. The summed E-state index contributed by atoms with van der Waals surface area (Å²) in [5, 5.41) is 41.0. The monoisotopic (exact) mass is 604 g/mol. The number of piperidine rings is 2. The Labute approximate surface area is 256 Å². The van der Waals surface area contributed by atoms with Gasteiger partial charge in [-0.2, -0.15) is 0 Å². The molecule has 6 rings (SSSR count). The number of hydrogen-bond acceptors (Lipinski definition) is 10. The molecule has 2 aliphatic carbocycles. The normalized spacial score (nSPS) is 23.0. The van der Waals surface area contributed by atoms with Gasteiger partial charge < -0.3 is 31.1 Å². The topological polar surface area (TPSA) is 173 Å². The van der Waals surface area contributed by atoms with E-state index in [4.69, 9.17) is 20.4 Å². The Morgan fingerprint density at radius 2 is 0.909 bits per heavy atom. The lowest BCUT2D eigenvalue weighted by Crippen LogP contribution is -2.38. The average molecular weight is 605 g/mol. The Morgan fingerprint density at radius 3 is 1.14 bits per heavy atom. The molecule has 0 radical (unpaired) electrons. The first-order chi connectivity index (χ1) is 21.0. The average Bonchev–Trinajstić information content (AvgIpc) is 3.46. The summed E-state index contributed by atoms with van der Waals surface area (Å²) in [6.45, 7) is 9.48. The van der Waals surface area contributed by atoms with Crippen LogP contribution in [0.5, 0.6) is 0 Å². The molecule has 0 amide bonds. The van der Waals surface area contributed by atoms with Gasteiger partial charge in [-0.15, -0.1) is 0 Å². The molecule has 2 saturated heterocycles. The number of aliphatic hydroxyl groups is 4. The smallest absolute Gasteiger partial charge is 0.174 e. The lowest BCUT2D eigenvalue weighted by atomic mass is 9.83. The number of benzene rings is 2. The Bertz CT molecular complexity index is 1250. The molecule has 2 fully saturated rings. The molecule has 44 heavy (non-hydrogen) atoms. The Morgan fingerprint density at radius 1 is 0.614 bits per heavy atom. The fourth-order valence-electron chi connectivity index (χ4n) is 6.28. The van der Waals surface area contributed by atoms with Gasteiger partial charge in [0, 0.05) is 22.3 Å². The second-order valence-electron chi connectivity index (χ2n) is 11.6. The molecule has 0 spiro atoms. The van der Waals surface area contributed by atoms with Crippen molar-refractivity contribution >= 4 is 23.1 Å². The third kappa shape index (κ3) is 7.05. The van der Waals surface area contributed by atoms with Crippen LogP contribution in [0.3, 0.4) is 0 Å². The van der Waals surface area contributed by atoms with Crippen LogP contribution in [0.4, 0.5) is 0 Å². The molecule has 0 bridgehead atoms. The van der Waals surface area contributed by atoms with Crippen LogP contribution in [-0.2, 0) is 0 Å². The molecule has 10 heteroatoms. The summed E-state index contributed by atoms with van der Waals surface area (Å²) in [6, 6.07) is 14.4. The SMILES string of the molecule is C=C(O)[C@@H](O)[C@H](O)C(=C)O.O=C1c2ccccc2C(=O)C1C1CCCNC1.O=C1c2ccccc2C(=O)C1[C@@H]1CCCNC1. The van der Waals surface area contributed by atoms with Crippen molar-refractivity contribution in [2.75, 3.05) is 26.2 Å². The lowest BCUT2D eigenvalue weighted by Gasteiger charge is -2.26. The zero-order valence-corrected chi connectivity index (χ0v) is 24.6. The van der Waals surface area contributed by atoms with Gasteiger partial charge in [-0.1, -0.05) is 61.7 Å². The highest BCUT2D eigenvalue weighted by atomic mass is 16.4. The predicted octanol–water partition coefficient (Wildman–Crippen LogP) is 3.21. The highest BCUT2D eigenvalue weighted by molar-refractivity contribution is 6.27. The third-order valence-corrected chi connectivity index (χ3v) is 8.64. The first kappa shape index (κ1) is 32.9. The number of aliphatic hydroxyl groups excluding tert-OH is 4. The molecule has 4 aliphatic rings. The largest absolute Gasteiger partial charge is 0.510 e. The summed E-state index contributed by atoms with van der Waals surface area (Å²) >= 11 is 0. The van der Waals surface area contributed by atoms with Crippen LogP contribution in [0, 0.1) is 23.7 Å². The number of hydrogen-bond donors (Lipinski definition) is 6. The van der Waals surface area contributed by atoms with E-state index < -0.39 is 35.6 Å². The quantitative estimate of drug-likeness (QED) is 0.220. The van der Waals surface area contributed by atoms with Crippen molar-refractivity contribution < 1.29 is 39.6 Å². The molecule has 10 nitrogen and oxygen atoms in total. The van der Waals surface area contributed by atoms with Gasteiger partial charge in [0.05, 0.1) is 11.8 Å². The third-order valence-electron chi connectivity index (χ3n) is 8.64. The Balaban J connectivity index is 0.000000157. The summed E-state index contributed by atoms with van der Waals surface area (Å²) in [5.41, 5.74) is 2.47. The van der Waals surface area contributed by atoms with Crippen LogP contribution < -0.4 is 10.6 Å². The van der Waals surface area contributed by atoms with E-state index in [2.05, 4.69) is 23.8 Å². The number of ketones is 4. The van der Waals surface area contributed by atoms with E-state index in [0.29, 0.717) is 22.3 Å². The maximum atomic E-state index is 12.3. The molecule has 0 saturated carbocycles. The van der Waals surface area contributed by atoms with Crippen LogP contribution in [0.1, 0.15) is 67.1 Å². The fourth-order valence-corrected chi connectivity index (χ4v) is 6.28. The van der Waals surface area contributed by atoms with E-state index in [1.165, 1.54) is 0 Å². The number of rotatable bonds is 5. The van der Waals surface area contributed by atoms with Gasteiger partial charge in [-0.05, 0) is 63.7 Å². The van der Waals surface area contributed by atoms with Gasteiger partial charge in [-0.25, -0.2) is 0 Å². The van der Waals surface area contributed by atoms with Gasteiger partial charge in [0.1, 0.15) is 23.7 Å². The van der Waals surface area contributed by atoms with Crippen LogP contribution >= 0.6 is 0 Å². The molecular weight excluding hydrogens is 564 g/mol. The lowest BCUT2D eigenvalue weighted by molar-refractivity contribution is 0.0181. The number of fused-ring (bicyclic) bond motifs is 2. The summed E-state index contributed by atoms with van der Waals surface area (Å²) in [5.74, 6) is -1.62. The standard InChI is InChI=1S/2C14H15NO2.C6H10O4/c2*16-13-10-5-1-2-6-11(10)14(17)12(13)9-4-3-7-15-8-9;1-3(7)5(9)6(10)4(2)8/h2*1-2,5-6,9,12,15H,3-4,7-8H2;5-10H,1-2H2/t9-;;5-,6-/m1.1/s1. The van der Waals surface area contributed by atoms with Crippen LogP contribution in [-0.4, -0.2) is 81.9 Å². The minimum atomic E-state index is -1.57. The van der Waals surface area contributed by atoms with Crippen molar-refractivity contribution in [3.05, 3.63) is 95.5 Å². The summed E-state index contributed by atoms with van der Waals surface area (Å²) in [4.78, 5) is 49.0. The fraction of sp³-hybridized carbons (Fsp3) is 0.412. The first-order valence-electron chi connectivity index (χ1n) is 14.9. The summed E-state index contributed by atoms with van der Waals surface area (Å²) in [7, 11) is 0. The Hall–Kier alpha value is -3.96. The second-order valence-corrected chi connectivity index (χ2v) is 11.6. The van der Waals surface area contributed by atoms with Crippen molar-refractivity contribution in [1.29, 1.82) is 0 Å². The molecule has 234 valence electrons. The van der Waals surface area contributed by atoms with E-state index in [0.717, 1.165) is 51.9 Å². The number of Topliss-reactive ketones (excluding diaryl/α,β-unsaturated/α-hetero) is 4. The maximum absolute atomic E-state index is 12.3. The highest BCUT2D eigenvalue weighted by Gasteiger charge is 2.44. The highest BCUT2D eigenvalue weighted by Crippen LogP contribution is 2.35. The Kier molecular flexibility index (Phi) is 11.0. The van der Waals surface area contributed by atoms with E-state index in [9.17, 15) is 19.2 Å². The van der Waals surface area contributed by atoms with E-state index >= 15 is 0 Å².